The fourth-order valence-electron chi connectivity index (χ4n) is 4.16. The van der Waals surface area contributed by atoms with Crippen LogP contribution in [0.3, 0.4) is 0 Å². The summed E-state index contributed by atoms with van der Waals surface area (Å²) in [5.41, 5.74) is 4.08. The minimum absolute atomic E-state index is 0.221. The zero-order chi connectivity index (χ0) is 14.7. The summed E-state index contributed by atoms with van der Waals surface area (Å²) in [6.45, 7) is 1.00. The molecular weight excluding hydrogens is 284 g/mol. The smallest absolute Gasteiger partial charge is 0.229 e. The van der Waals surface area contributed by atoms with Gasteiger partial charge in [0.15, 0.2) is 0 Å². The first kappa shape index (κ1) is 13.4. The Bertz CT molecular complexity index is 682. The SMILES string of the molecule is CS(=O)(=O)Nc1ccc2c(c1)C1(CCC3(CC3)CC1)CN2. The maximum Gasteiger partial charge on any atom is 0.229 e. The van der Waals surface area contributed by atoms with Gasteiger partial charge in [0, 0.05) is 23.3 Å². The fourth-order valence-corrected chi connectivity index (χ4v) is 4.71. The van der Waals surface area contributed by atoms with Crippen LogP contribution >= 0.6 is 0 Å². The van der Waals surface area contributed by atoms with Crippen molar-refractivity contribution < 1.29 is 8.42 Å². The molecule has 21 heavy (non-hydrogen) atoms. The monoisotopic (exact) mass is 306 g/mol. The molecule has 0 unspecified atom stereocenters. The third-order valence-corrected chi connectivity index (χ3v) is 6.34. The predicted octanol–water partition coefficient (Wildman–Crippen LogP) is 3.08. The van der Waals surface area contributed by atoms with Crippen LogP contribution in [0, 0.1) is 5.41 Å². The second kappa shape index (κ2) is 4.15. The van der Waals surface area contributed by atoms with Gasteiger partial charge in [-0.2, -0.15) is 0 Å². The lowest BCUT2D eigenvalue weighted by Crippen LogP contribution is -2.34. The molecule has 1 aromatic rings. The Kier molecular flexibility index (Phi) is 2.66. The second-order valence-corrected chi connectivity index (χ2v) is 9.02. The van der Waals surface area contributed by atoms with Crippen LogP contribution in [0.25, 0.3) is 0 Å². The van der Waals surface area contributed by atoms with Crippen LogP contribution in [0.4, 0.5) is 11.4 Å². The minimum atomic E-state index is -3.22. The third kappa shape index (κ3) is 2.31. The molecule has 4 nitrogen and oxygen atoms in total. The highest BCUT2D eigenvalue weighted by molar-refractivity contribution is 7.92. The van der Waals surface area contributed by atoms with E-state index in [2.05, 4.69) is 10.0 Å². The molecule has 0 amide bonds. The molecule has 3 aliphatic rings. The van der Waals surface area contributed by atoms with Crippen molar-refractivity contribution >= 4 is 21.4 Å². The van der Waals surface area contributed by atoms with Crippen LogP contribution in [0.5, 0.6) is 0 Å². The topological polar surface area (TPSA) is 58.2 Å². The van der Waals surface area contributed by atoms with E-state index in [0.717, 1.165) is 6.54 Å². The van der Waals surface area contributed by atoms with Crippen molar-refractivity contribution in [3.05, 3.63) is 23.8 Å². The normalized spacial score (nSPS) is 24.6. The third-order valence-electron chi connectivity index (χ3n) is 5.74. The Labute approximate surface area is 126 Å². The van der Waals surface area contributed by atoms with Crippen molar-refractivity contribution in [2.45, 2.75) is 43.9 Å². The quantitative estimate of drug-likeness (QED) is 0.883. The lowest BCUT2D eigenvalue weighted by molar-refractivity contribution is 0.232. The summed E-state index contributed by atoms with van der Waals surface area (Å²) >= 11 is 0. The zero-order valence-electron chi connectivity index (χ0n) is 12.4. The highest BCUT2D eigenvalue weighted by atomic mass is 32.2. The zero-order valence-corrected chi connectivity index (χ0v) is 13.2. The Balaban J connectivity index is 1.65. The lowest BCUT2D eigenvalue weighted by atomic mass is 9.66. The van der Waals surface area contributed by atoms with Gasteiger partial charge < -0.3 is 5.32 Å². The molecule has 0 radical (unpaired) electrons. The first-order chi connectivity index (χ1) is 9.90. The molecule has 114 valence electrons. The van der Waals surface area contributed by atoms with Crippen molar-refractivity contribution in [3.8, 4) is 0 Å². The Hall–Kier alpha value is -1.23. The highest BCUT2D eigenvalue weighted by Crippen LogP contribution is 2.61. The summed E-state index contributed by atoms with van der Waals surface area (Å²) < 4.78 is 25.5. The molecule has 0 atom stereocenters. The van der Waals surface area contributed by atoms with Crippen molar-refractivity contribution in [3.63, 3.8) is 0 Å². The molecule has 5 heteroatoms. The first-order valence-electron chi connectivity index (χ1n) is 7.76. The molecule has 0 saturated heterocycles. The fraction of sp³-hybridized carbons (Fsp3) is 0.625. The number of anilines is 2. The number of rotatable bonds is 2. The predicted molar refractivity (Wildman–Crippen MR) is 85.2 cm³/mol. The Morgan fingerprint density at radius 3 is 2.38 bits per heavy atom. The standard InChI is InChI=1S/C16H22N2O2S/c1-21(19,20)18-12-2-3-14-13(10-12)16(11-17-14)8-6-15(4-5-15)7-9-16/h2-3,10,17-18H,4-9,11H2,1H3. The summed E-state index contributed by atoms with van der Waals surface area (Å²) in [4.78, 5) is 0. The maximum atomic E-state index is 11.4. The molecule has 1 aliphatic heterocycles. The number of nitrogens with one attached hydrogen (secondary N) is 2. The van der Waals surface area contributed by atoms with Crippen LogP contribution in [0.1, 0.15) is 44.1 Å². The molecule has 2 saturated carbocycles. The van der Waals surface area contributed by atoms with Crippen molar-refractivity contribution in [1.29, 1.82) is 0 Å². The second-order valence-electron chi connectivity index (χ2n) is 7.27. The molecule has 2 aliphatic carbocycles. The van der Waals surface area contributed by atoms with Gasteiger partial charge in [0.05, 0.1) is 6.26 Å². The van der Waals surface area contributed by atoms with Gasteiger partial charge in [0.2, 0.25) is 10.0 Å². The van der Waals surface area contributed by atoms with Gasteiger partial charge in [-0.1, -0.05) is 0 Å². The van der Waals surface area contributed by atoms with Crippen LogP contribution in [0.15, 0.2) is 18.2 Å². The van der Waals surface area contributed by atoms with E-state index < -0.39 is 10.0 Å². The van der Waals surface area contributed by atoms with Crippen molar-refractivity contribution in [1.82, 2.24) is 0 Å². The summed E-state index contributed by atoms with van der Waals surface area (Å²) in [7, 11) is -3.22. The van der Waals surface area contributed by atoms with E-state index in [1.807, 2.05) is 18.2 Å². The Morgan fingerprint density at radius 2 is 1.76 bits per heavy atom. The number of benzene rings is 1. The number of fused-ring (bicyclic) bond motifs is 2. The molecule has 4 rings (SSSR count). The molecular formula is C16H22N2O2S. The minimum Gasteiger partial charge on any atom is -0.384 e. The van der Waals surface area contributed by atoms with Crippen molar-refractivity contribution in [2.24, 2.45) is 5.41 Å². The summed E-state index contributed by atoms with van der Waals surface area (Å²) in [6.07, 6.45) is 9.16. The number of hydrogen-bond donors (Lipinski definition) is 2. The maximum absolute atomic E-state index is 11.4. The first-order valence-corrected chi connectivity index (χ1v) is 9.65. The van der Waals surface area contributed by atoms with Crippen LogP contribution in [-0.2, 0) is 15.4 Å². The van der Waals surface area contributed by atoms with E-state index in [1.54, 1.807) is 0 Å². The van der Waals surface area contributed by atoms with Gasteiger partial charge in [-0.3, -0.25) is 4.72 Å². The summed E-state index contributed by atoms with van der Waals surface area (Å²) in [5.74, 6) is 0. The van der Waals surface area contributed by atoms with E-state index >= 15 is 0 Å². The molecule has 2 fully saturated rings. The average Bonchev–Trinajstić information content (AvgIpc) is 3.10. The van der Waals surface area contributed by atoms with E-state index in [9.17, 15) is 8.42 Å². The largest absolute Gasteiger partial charge is 0.384 e. The van der Waals surface area contributed by atoms with Crippen molar-refractivity contribution in [2.75, 3.05) is 22.8 Å². The van der Waals surface area contributed by atoms with E-state index in [-0.39, 0.29) is 5.41 Å². The van der Waals surface area contributed by atoms with Crippen LogP contribution in [0.2, 0.25) is 0 Å². The van der Waals surface area contributed by atoms with E-state index in [4.69, 9.17) is 0 Å². The van der Waals surface area contributed by atoms with E-state index in [0.29, 0.717) is 11.1 Å². The molecule has 0 aromatic heterocycles. The van der Waals surface area contributed by atoms with Gasteiger partial charge in [-0.15, -0.1) is 0 Å². The molecule has 1 aromatic carbocycles. The molecule has 0 bridgehead atoms. The number of hydrogen-bond acceptors (Lipinski definition) is 3. The summed E-state index contributed by atoms with van der Waals surface area (Å²) in [6, 6.07) is 5.90. The lowest BCUT2D eigenvalue weighted by Gasteiger charge is -2.37. The van der Waals surface area contributed by atoms with Crippen LogP contribution < -0.4 is 10.0 Å². The molecule has 2 N–H and O–H groups in total. The highest BCUT2D eigenvalue weighted by Gasteiger charge is 2.51. The van der Waals surface area contributed by atoms with Gasteiger partial charge in [-0.25, -0.2) is 8.42 Å². The van der Waals surface area contributed by atoms with Gasteiger partial charge >= 0.3 is 0 Å². The summed E-state index contributed by atoms with van der Waals surface area (Å²) in [5, 5.41) is 3.52. The number of sulfonamides is 1. The van der Waals surface area contributed by atoms with Crippen LogP contribution in [-0.4, -0.2) is 21.2 Å². The van der Waals surface area contributed by atoms with Gasteiger partial charge in [0.1, 0.15) is 0 Å². The van der Waals surface area contributed by atoms with Gasteiger partial charge in [0.25, 0.3) is 0 Å². The van der Waals surface area contributed by atoms with Gasteiger partial charge in [-0.05, 0) is 67.7 Å². The van der Waals surface area contributed by atoms with E-state index in [1.165, 1.54) is 56.0 Å². The Morgan fingerprint density at radius 1 is 1.10 bits per heavy atom. The average molecular weight is 306 g/mol. The molecule has 2 spiro atoms. The molecule has 1 heterocycles.